The van der Waals surface area contributed by atoms with Gasteiger partial charge in [-0.25, -0.2) is 4.98 Å². The lowest BCUT2D eigenvalue weighted by atomic mass is 10.2. The number of thioether (sulfide) groups is 1. The van der Waals surface area contributed by atoms with Gasteiger partial charge in [0.25, 0.3) is 0 Å². The van der Waals surface area contributed by atoms with E-state index in [-0.39, 0.29) is 12.4 Å². The van der Waals surface area contributed by atoms with Crippen LogP contribution in [-0.4, -0.2) is 23.8 Å². The summed E-state index contributed by atoms with van der Waals surface area (Å²) in [6.45, 7) is 2.35. The third kappa shape index (κ3) is 4.31. The van der Waals surface area contributed by atoms with Crippen LogP contribution in [0, 0.1) is 5.92 Å². The van der Waals surface area contributed by atoms with Crippen LogP contribution in [0.3, 0.4) is 0 Å². The minimum absolute atomic E-state index is 0. The lowest BCUT2D eigenvalue weighted by molar-refractivity contribution is 0.662. The maximum atomic E-state index is 4.39. The van der Waals surface area contributed by atoms with Crippen molar-refractivity contribution in [1.29, 1.82) is 0 Å². The standard InChI is InChI=1S/C10H13BrN2S.ClH/c11-9-2-1-3-10(13-9)14-7-8-4-5-12-6-8;/h1-3,8,12H,4-7H2;1H. The summed E-state index contributed by atoms with van der Waals surface area (Å²) in [5.41, 5.74) is 0. The molecular formula is C10H14BrClN2S. The molecule has 1 aliphatic heterocycles. The van der Waals surface area contributed by atoms with Gasteiger partial charge in [-0.1, -0.05) is 6.07 Å². The van der Waals surface area contributed by atoms with Gasteiger partial charge in [-0.05, 0) is 53.5 Å². The second-order valence-electron chi connectivity index (χ2n) is 3.47. The van der Waals surface area contributed by atoms with E-state index in [9.17, 15) is 0 Å². The summed E-state index contributed by atoms with van der Waals surface area (Å²) in [5, 5.41) is 4.49. The molecule has 15 heavy (non-hydrogen) atoms. The van der Waals surface area contributed by atoms with E-state index in [0.29, 0.717) is 0 Å². The van der Waals surface area contributed by atoms with Gasteiger partial charge in [0.2, 0.25) is 0 Å². The van der Waals surface area contributed by atoms with Crippen molar-refractivity contribution in [3.05, 3.63) is 22.8 Å². The van der Waals surface area contributed by atoms with Crippen LogP contribution in [0.5, 0.6) is 0 Å². The number of halogens is 2. The number of aromatic nitrogens is 1. The first kappa shape index (κ1) is 13.3. The molecule has 2 rings (SSSR count). The molecule has 5 heteroatoms. The molecule has 1 aromatic rings. The molecule has 1 unspecified atom stereocenters. The molecule has 1 N–H and O–H groups in total. The first-order valence-corrected chi connectivity index (χ1v) is 6.58. The zero-order chi connectivity index (χ0) is 9.80. The lowest BCUT2D eigenvalue weighted by Gasteiger charge is -2.06. The topological polar surface area (TPSA) is 24.9 Å². The number of rotatable bonds is 3. The Hall–Kier alpha value is 0.230. The van der Waals surface area contributed by atoms with Gasteiger partial charge in [-0.2, -0.15) is 0 Å². The lowest BCUT2D eigenvalue weighted by Crippen LogP contribution is -2.10. The van der Waals surface area contributed by atoms with Gasteiger partial charge in [0.15, 0.2) is 0 Å². The van der Waals surface area contributed by atoms with E-state index in [4.69, 9.17) is 0 Å². The van der Waals surface area contributed by atoms with Gasteiger partial charge in [0.05, 0.1) is 5.03 Å². The van der Waals surface area contributed by atoms with Crippen LogP contribution in [0.15, 0.2) is 27.8 Å². The summed E-state index contributed by atoms with van der Waals surface area (Å²) in [6.07, 6.45) is 1.31. The highest BCUT2D eigenvalue weighted by Gasteiger charge is 2.14. The number of hydrogen-bond donors (Lipinski definition) is 1. The number of hydrogen-bond acceptors (Lipinski definition) is 3. The first-order chi connectivity index (χ1) is 6.84. The maximum absolute atomic E-state index is 4.39. The van der Waals surface area contributed by atoms with E-state index in [2.05, 4.69) is 32.3 Å². The highest BCUT2D eigenvalue weighted by Crippen LogP contribution is 2.22. The first-order valence-electron chi connectivity index (χ1n) is 4.80. The van der Waals surface area contributed by atoms with E-state index in [1.54, 1.807) is 0 Å². The summed E-state index contributed by atoms with van der Waals surface area (Å²) in [6, 6.07) is 6.06. The van der Waals surface area contributed by atoms with Crippen molar-refractivity contribution in [2.75, 3.05) is 18.8 Å². The molecule has 1 aromatic heterocycles. The molecule has 0 amide bonds. The molecule has 2 nitrogen and oxygen atoms in total. The fourth-order valence-electron chi connectivity index (χ4n) is 1.53. The van der Waals surface area contributed by atoms with Gasteiger partial charge in [-0.15, -0.1) is 24.2 Å². The van der Waals surface area contributed by atoms with E-state index in [0.717, 1.165) is 15.5 Å². The SMILES string of the molecule is Brc1cccc(SCC2CCNC2)n1.Cl. The Morgan fingerprint density at radius 2 is 2.40 bits per heavy atom. The summed E-state index contributed by atoms with van der Waals surface area (Å²) >= 11 is 5.23. The zero-order valence-electron chi connectivity index (χ0n) is 8.28. The molecule has 0 aliphatic carbocycles. The van der Waals surface area contributed by atoms with Crippen LogP contribution in [0.1, 0.15) is 6.42 Å². The van der Waals surface area contributed by atoms with E-state index >= 15 is 0 Å². The smallest absolute Gasteiger partial charge is 0.107 e. The molecule has 0 spiro atoms. The molecule has 1 aliphatic rings. The highest BCUT2D eigenvalue weighted by molar-refractivity contribution is 9.10. The highest BCUT2D eigenvalue weighted by atomic mass is 79.9. The minimum Gasteiger partial charge on any atom is -0.316 e. The quantitative estimate of drug-likeness (QED) is 0.686. The molecule has 0 saturated carbocycles. The number of nitrogens with zero attached hydrogens (tertiary/aromatic N) is 1. The Morgan fingerprint density at radius 1 is 1.53 bits per heavy atom. The summed E-state index contributed by atoms with van der Waals surface area (Å²) < 4.78 is 0.923. The summed E-state index contributed by atoms with van der Waals surface area (Å²) in [5.74, 6) is 2.00. The Balaban J connectivity index is 0.00000112. The molecule has 0 radical (unpaired) electrons. The number of nitrogens with one attached hydrogen (secondary N) is 1. The average molecular weight is 310 g/mol. The molecule has 1 saturated heterocycles. The minimum atomic E-state index is 0. The van der Waals surface area contributed by atoms with Gasteiger partial charge < -0.3 is 5.32 Å². The molecule has 1 fully saturated rings. The van der Waals surface area contributed by atoms with Gasteiger partial charge in [-0.3, -0.25) is 0 Å². The summed E-state index contributed by atoms with van der Waals surface area (Å²) in [7, 11) is 0. The monoisotopic (exact) mass is 308 g/mol. The second-order valence-corrected chi connectivity index (χ2v) is 5.32. The van der Waals surface area contributed by atoms with Crippen molar-refractivity contribution < 1.29 is 0 Å². The van der Waals surface area contributed by atoms with Crippen LogP contribution in [0.4, 0.5) is 0 Å². The van der Waals surface area contributed by atoms with Gasteiger partial charge in [0.1, 0.15) is 4.60 Å². The molecule has 2 heterocycles. The van der Waals surface area contributed by atoms with E-state index in [1.807, 2.05) is 23.9 Å². The molecule has 84 valence electrons. The average Bonchev–Trinajstić information content (AvgIpc) is 2.67. The molecule has 1 atom stereocenters. The molecular weight excluding hydrogens is 296 g/mol. The van der Waals surface area contributed by atoms with Gasteiger partial charge in [0, 0.05) is 5.75 Å². The van der Waals surface area contributed by atoms with Crippen molar-refractivity contribution in [3.8, 4) is 0 Å². The largest absolute Gasteiger partial charge is 0.316 e. The van der Waals surface area contributed by atoms with Crippen LogP contribution in [-0.2, 0) is 0 Å². The third-order valence-corrected chi connectivity index (χ3v) is 3.92. The van der Waals surface area contributed by atoms with Crippen LogP contribution < -0.4 is 5.32 Å². The normalized spacial score (nSPS) is 19.9. The Bertz CT molecular complexity index is 305. The fraction of sp³-hybridized carbons (Fsp3) is 0.500. The van der Waals surface area contributed by atoms with Crippen molar-refractivity contribution in [1.82, 2.24) is 10.3 Å². The Labute approximate surface area is 109 Å². The van der Waals surface area contributed by atoms with Crippen molar-refractivity contribution in [2.45, 2.75) is 11.4 Å². The Kier molecular flexibility index (Phi) is 5.97. The second kappa shape index (κ2) is 6.74. The molecule has 0 aromatic carbocycles. The van der Waals surface area contributed by atoms with Crippen LogP contribution >= 0.6 is 40.1 Å². The summed E-state index contributed by atoms with van der Waals surface area (Å²) in [4.78, 5) is 4.39. The predicted octanol–water partition coefficient (Wildman–Crippen LogP) is 2.97. The van der Waals surface area contributed by atoms with Crippen molar-refractivity contribution in [2.24, 2.45) is 5.92 Å². The van der Waals surface area contributed by atoms with E-state index in [1.165, 1.54) is 25.3 Å². The number of pyridine rings is 1. The van der Waals surface area contributed by atoms with Crippen LogP contribution in [0.25, 0.3) is 0 Å². The third-order valence-electron chi connectivity index (χ3n) is 2.32. The predicted molar refractivity (Wildman–Crippen MR) is 70.9 cm³/mol. The fourth-order valence-corrected chi connectivity index (χ4v) is 3.02. The van der Waals surface area contributed by atoms with Crippen molar-refractivity contribution >= 4 is 40.1 Å². The molecule has 0 bridgehead atoms. The Morgan fingerprint density at radius 3 is 3.07 bits per heavy atom. The maximum Gasteiger partial charge on any atom is 0.107 e. The zero-order valence-corrected chi connectivity index (χ0v) is 11.5. The van der Waals surface area contributed by atoms with E-state index < -0.39 is 0 Å². The van der Waals surface area contributed by atoms with Crippen molar-refractivity contribution in [3.63, 3.8) is 0 Å². The van der Waals surface area contributed by atoms with Crippen LogP contribution in [0.2, 0.25) is 0 Å². The van der Waals surface area contributed by atoms with Gasteiger partial charge >= 0.3 is 0 Å².